The first-order valence-electron chi connectivity index (χ1n) is 7.55. The highest BCUT2D eigenvalue weighted by atomic mass is 19.2. The Morgan fingerprint density at radius 1 is 1.04 bits per heavy atom. The second-order valence-corrected chi connectivity index (χ2v) is 5.60. The number of pyridine rings is 2. The van der Waals surface area contributed by atoms with Crippen LogP contribution in [0.2, 0.25) is 0 Å². The molecule has 0 spiro atoms. The van der Waals surface area contributed by atoms with Crippen molar-refractivity contribution in [3.63, 3.8) is 0 Å². The smallest absolute Gasteiger partial charge is 0.253 e. The van der Waals surface area contributed by atoms with Crippen molar-refractivity contribution in [2.45, 2.75) is 13.5 Å². The van der Waals surface area contributed by atoms with E-state index in [9.17, 15) is 8.78 Å². The molecule has 4 nitrogen and oxygen atoms in total. The van der Waals surface area contributed by atoms with Gasteiger partial charge in [0.05, 0.1) is 0 Å². The molecule has 1 aromatic carbocycles. The van der Waals surface area contributed by atoms with Crippen LogP contribution in [0.1, 0.15) is 11.1 Å². The van der Waals surface area contributed by atoms with Crippen molar-refractivity contribution in [1.82, 2.24) is 14.4 Å². The summed E-state index contributed by atoms with van der Waals surface area (Å²) in [6.07, 6.45) is 1.67. The van der Waals surface area contributed by atoms with Crippen molar-refractivity contribution >= 4 is 22.5 Å². The van der Waals surface area contributed by atoms with E-state index >= 15 is 0 Å². The molecule has 0 bridgehead atoms. The standard InChI is InChI=1S/C18H14F2N4/c1-11-6-5-9-24-15-13(19)16(20)23-17(14(15)22-18(11)24)21-10-12-7-3-2-4-8-12/h2-9H,10H2,1H3,(H,21,23). The summed E-state index contributed by atoms with van der Waals surface area (Å²) in [5.41, 5.74) is 2.89. The predicted molar refractivity (Wildman–Crippen MR) is 88.9 cm³/mol. The van der Waals surface area contributed by atoms with Crippen molar-refractivity contribution in [3.8, 4) is 0 Å². The Hall–Kier alpha value is -3.02. The van der Waals surface area contributed by atoms with Gasteiger partial charge in [0.1, 0.15) is 16.7 Å². The highest BCUT2D eigenvalue weighted by Gasteiger charge is 2.20. The maximum Gasteiger partial charge on any atom is 0.253 e. The van der Waals surface area contributed by atoms with Crippen LogP contribution in [-0.4, -0.2) is 14.4 Å². The van der Waals surface area contributed by atoms with Gasteiger partial charge in [-0.25, -0.2) is 4.98 Å². The van der Waals surface area contributed by atoms with E-state index in [2.05, 4.69) is 15.3 Å². The minimum absolute atomic E-state index is 0.0942. The molecule has 0 unspecified atom stereocenters. The number of nitrogens with zero attached hydrogens (tertiary/aromatic N) is 3. The van der Waals surface area contributed by atoms with E-state index in [4.69, 9.17) is 0 Å². The van der Waals surface area contributed by atoms with Gasteiger partial charge in [-0.3, -0.25) is 4.40 Å². The second-order valence-electron chi connectivity index (χ2n) is 5.60. The number of aromatic nitrogens is 3. The molecule has 6 heteroatoms. The number of fused-ring (bicyclic) bond motifs is 3. The number of benzene rings is 1. The van der Waals surface area contributed by atoms with Crippen LogP contribution < -0.4 is 5.32 Å². The van der Waals surface area contributed by atoms with Crippen LogP contribution in [0.4, 0.5) is 14.6 Å². The molecule has 3 aromatic heterocycles. The lowest BCUT2D eigenvalue weighted by atomic mass is 10.2. The SMILES string of the molecule is Cc1cccn2c1nc1c(NCc3ccccc3)nc(F)c(F)c12. The first-order valence-corrected chi connectivity index (χ1v) is 7.55. The van der Waals surface area contributed by atoms with Gasteiger partial charge >= 0.3 is 0 Å². The monoisotopic (exact) mass is 324 g/mol. The van der Waals surface area contributed by atoms with E-state index < -0.39 is 11.8 Å². The molecule has 0 aliphatic heterocycles. The minimum Gasteiger partial charge on any atom is -0.364 e. The number of hydrogen-bond donors (Lipinski definition) is 1. The normalized spacial score (nSPS) is 11.3. The highest BCUT2D eigenvalue weighted by molar-refractivity contribution is 5.90. The lowest BCUT2D eigenvalue weighted by Gasteiger charge is -2.07. The van der Waals surface area contributed by atoms with E-state index in [0.29, 0.717) is 17.7 Å². The number of hydrogen-bond acceptors (Lipinski definition) is 3. The van der Waals surface area contributed by atoms with Gasteiger partial charge in [0.25, 0.3) is 5.95 Å². The molecule has 0 amide bonds. The van der Waals surface area contributed by atoms with Gasteiger partial charge in [0, 0.05) is 12.7 Å². The van der Waals surface area contributed by atoms with Crippen molar-refractivity contribution < 1.29 is 8.78 Å². The number of rotatable bonds is 3. The molecule has 0 radical (unpaired) electrons. The third-order valence-corrected chi connectivity index (χ3v) is 3.97. The molecule has 4 aromatic rings. The van der Waals surface area contributed by atoms with E-state index in [0.717, 1.165) is 11.1 Å². The van der Waals surface area contributed by atoms with Gasteiger partial charge < -0.3 is 5.32 Å². The van der Waals surface area contributed by atoms with Crippen LogP contribution in [0, 0.1) is 18.7 Å². The Bertz CT molecular complexity index is 1040. The maximum atomic E-state index is 14.3. The van der Waals surface area contributed by atoms with Crippen LogP contribution >= 0.6 is 0 Å². The molecule has 0 fully saturated rings. The van der Waals surface area contributed by atoms with Gasteiger partial charge in [-0.15, -0.1) is 0 Å². The van der Waals surface area contributed by atoms with Gasteiger partial charge in [-0.2, -0.15) is 13.8 Å². The fourth-order valence-electron chi connectivity index (χ4n) is 2.78. The Morgan fingerprint density at radius 2 is 1.83 bits per heavy atom. The summed E-state index contributed by atoms with van der Waals surface area (Å²) in [7, 11) is 0. The molecule has 0 atom stereocenters. The molecule has 24 heavy (non-hydrogen) atoms. The molecule has 0 aliphatic carbocycles. The Kier molecular flexibility index (Phi) is 3.37. The highest BCUT2D eigenvalue weighted by Crippen LogP contribution is 2.27. The van der Waals surface area contributed by atoms with Crippen molar-refractivity contribution in [2.75, 3.05) is 5.32 Å². The first kappa shape index (κ1) is 14.6. The van der Waals surface area contributed by atoms with Gasteiger partial charge in [0.15, 0.2) is 5.82 Å². The topological polar surface area (TPSA) is 42.2 Å². The van der Waals surface area contributed by atoms with Crippen LogP contribution in [0.25, 0.3) is 16.7 Å². The van der Waals surface area contributed by atoms with Crippen LogP contribution in [0.15, 0.2) is 48.7 Å². The Morgan fingerprint density at radius 3 is 2.62 bits per heavy atom. The summed E-state index contributed by atoms with van der Waals surface area (Å²) in [6, 6.07) is 13.3. The molecule has 120 valence electrons. The maximum absolute atomic E-state index is 14.3. The predicted octanol–water partition coefficient (Wildman–Crippen LogP) is 4.08. The zero-order valence-electron chi connectivity index (χ0n) is 12.9. The summed E-state index contributed by atoms with van der Waals surface area (Å²) < 4.78 is 29.8. The molecular formula is C18H14F2N4. The first-order chi connectivity index (χ1) is 11.6. The quantitative estimate of drug-likeness (QED) is 0.577. The molecule has 0 saturated carbocycles. The van der Waals surface area contributed by atoms with Gasteiger partial charge in [-0.1, -0.05) is 36.4 Å². The molecule has 1 N–H and O–H groups in total. The van der Waals surface area contributed by atoms with E-state index in [1.54, 1.807) is 16.7 Å². The summed E-state index contributed by atoms with van der Waals surface area (Å²) in [4.78, 5) is 8.17. The van der Waals surface area contributed by atoms with E-state index in [1.807, 2.05) is 43.3 Å². The zero-order chi connectivity index (χ0) is 16.7. The third kappa shape index (κ3) is 2.27. The molecule has 3 heterocycles. The van der Waals surface area contributed by atoms with Gasteiger partial charge in [0.2, 0.25) is 5.82 Å². The number of anilines is 1. The Labute approximate surface area is 136 Å². The van der Waals surface area contributed by atoms with E-state index in [-0.39, 0.29) is 11.3 Å². The van der Waals surface area contributed by atoms with Crippen LogP contribution in [0.3, 0.4) is 0 Å². The zero-order valence-corrected chi connectivity index (χ0v) is 12.9. The fraction of sp³-hybridized carbons (Fsp3) is 0.111. The lowest BCUT2D eigenvalue weighted by Crippen LogP contribution is -2.05. The van der Waals surface area contributed by atoms with E-state index in [1.165, 1.54) is 0 Å². The summed E-state index contributed by atoms with van der Waals surface area (Å²) in [6.45, 7) is 2.32. The summed E-state index contributed by atoms with van der Waals surface area (Å²) in [5, 5.41) is 3.06. The molecule has 0 saturated heterocycles. The van der Waals surface area contributed by atoms with Crippen molar-refractivity contribution in [3.05, 3.63) is 71.6 Å². The molecular weight excluding hydrogens is 310 g/mol. The van der Waals surface area contributed by atoms with Crippen LogP contribution in [-0.2, 0) is 6.54 Å². The van der Waals surface area contributed by atoms with Crippen LogP contribution in [0.5, 0.6) is 0 Å². The summed E-state index contributed by atoms with van der Waals surface area (Å²) >= 11 is 0. The van der Waals surface area contributed by atoms with Gasteiger partial charge in [-0.05, 0) is 24.1 Å². The lowest BCUT2D eigenvalue weighted by molar-refractivity contribution is 0.486. The molecule has 4 rings (SSSR count). The number of halogens is 2. The fourth-order valence-corrected chi connectivity index (χ4v) is 2.78. The summed E-state index contributed by atoms with van der Waals surface area (Å²) in [5.74, 6) is -1.90. The average Bonchev–Trinajstić information content (AvgIpc) is 2.99. The number of aryl methyl sites for hydroxylation is 1. The van der Waals surface area contributed by atoms with Crippen molar-refractivity contribution in [1.29, 1.82) is 0 Å². The van der Waals surface area contributed by atoms with Crippen molar-refractivity contribution in [2.24, 2.45) is 0 Å². The number of nitrogens with one attached hydrogen (secondary N) is 1. The largest absolute Gasteiger partial charge is 0.364 e. The third-order valence-electron chi connectivity index (χ3n) is 3.97. The number of imidazole rings is 1. The minimum atomic E-state index is -1.14. The Balaban J connectivity index is 1.88. The second kappa shape index (κ2) is 5.56. The average molecular weight is 324 g/mol. The molecule has 0 aliphatic rings.